The van der Waals surface area contributed by atoms with Crippen LogP contribution in [0, 0.1) is 5.92 Å². The van der Waals surface area contributed by atoms with Crippen LogP contribution in [0.25, 0.3) is 0 Å². The Kier molecular flexibility index (Phi) is 5.86. The van der Waals surface area contributed by atoms with Gasteiger partial charge in [0.25, 0.3) is 0 Å². The fraction of sp³-hybridized carbons (Fsp3) is 0.652. The molecule has 2 saturated heterocycles. The van der Waals surface area contributed by atoms with Gasteiger partial charge in [0.1, 0.15) is 42.7 Å². The van der Waals surface area contributed by atoms with Crippen molar-refractivity contribution in [3.05, 3.63) is 23.3 Å². The molecule has 6 unspecified atom stereocenters. The molecule has 0 aromatic carbocycles. The maximum atomic E-state index is 12.8. The number of esters is 4. The van der Waals surface area contributed by atoms with Crippen molar-refractivity contribution in [1.29, 1.82) is 0 Å². The van der Waals surface area contributed by atoms with Gasteiger partial charge in [0.05, 0.1) is 11.5 Å². The third kappa shape index (κ3) is 4.54. The summed E-state index contributed by atoms with van der Waals surface area (Å²) in [5.74, 6) is -2.62. The second-order valence-electron chi connectivity index (χ2n) is 9.29. The zero-order valence-electron chi connectivity index (χ0n) is 19.2. The SMILES string of the molecule is CC(=O)OCC1=C2C(OC(=O)C(C)C)CC3(COC(C)=O)OC3C=CC3(C)OC3C2OC1=O. The van der Waals surface area contributed by atoms with Gasteiger partial charge in [-0.2, -0.15) is 0 Å². The van der Waals surface area contributed by atoms with Crippen LogP contribution in [0.3, 0.4) is 0 Å². The maximum absolute atomic E-state index is 12.8. The van der Waals surface area contributed by atoms with Gasteiger partial charge in [-0.05, 0) is 6.92 Å². The molecule has 180 valence electrons. The highest BCUT2D eigenvalue weighted by atomic mass is 16.7. The van der Waals surface area contributed by atoms with Gasteiger partial charge in [0.15, 0.2) is 6.10 Å². The molecule has 0 aromatic heterocycles. The van der Waals surface area contributed by atoms with Crippen molar-refractivity contribution in [2.75, 3.05) is 13.2 Å². The van der Waals surface area contributed by atoms with Gasteiger partial charge in [-0.3, -0.25) is 14.4 Å². The molecule has 4 aliphatic rings. The monoisotopic (exact) mass is 464 g/mol. The van der Waals surface area contributed by atoms with Crippen LogP contribution in [-0.2, 0) is 47.6 Å². The van der Waals surface area contributed by atoms with E-state index in [1.807, 2.05) is 19.1 Å². The van der Waals surface area contributed by atoms with E-state index in [0.29, 0.717) is 5.57 Å². The zero-order chi connectivity index (χ0) is 24.1. The predicted octanol–water partition coefficient (Wildman–Crippen LogP) is 1.16. The summed E-state index contributed by atoms with van der Waals surface area (Å²) in [5.41, 5.74) is -1.18. The third-order valence-electron chi connectivity index (χ3n) is 6.27. The number of carbonyl (C=O) groups is 4. The van der Waals surface area contributed by atoms with E-state index in [2.05, 4.69) is 0 Å². The topological polar surface area (TPSA) is 130 Å². The van der Waals surface area contributed by atoms with E-state index in [4.69, 9.17) is 28.4 Å². The molecule has 0 spiro atoms. The minimum absolute atomic E-state index is 0.0555. The standard InChI is InChI=1S/C23H28O10/c1-11(2)20(26)30-15-8-23(10-29-13(4)25)16(32-23)6-7-22(5)19(33-22)18-17(15)14(21(27)31-18)9-28-12(3)24/h6-7,11,15-16,18-19H,8-10H2,1-5H3. The Hall–Kier alpha value is -2.72. The van der Waals surface area contributed by atoms with Crippen molar-refractivity contribution in [3.63, 3.8) is 0 Å². The van der Waals surface area contributed by atoms with E-state index in [-0.39, 0.29) is 25.2 Å². The lowest BCUT2D eigenvalue weighted by molar-refractivity contribution is -0.154. The van der Waals surface area contributed by atoms with Gasteiger partial charge in [-0.15, -0.1) is 0 Å². The molecule has 4 rings (SSSR count). The van der Waals surface area contributed by atoms with Crippen LogP contribution in [0.1, 0.15) is 41.0 Å². The predicted molar refractivity (Wildman–Crippen MR) is 110 cm³/mol. The van der Waals surface area contributed by atoms with Crippen LogP contribution in [0.5, 0.6) is 0 Å². The minimum atomic E-state index is -0.947. The van der Waals surface area contributed by atoms with Crippen molar-refractivity contribution >= 4 is 23.9 Å². The fourth-order valence-electron chi connectivity index (χ4n) is 4.27. The smallest absolute Gasteiger partial charge is 0.338 e. The average Bonchev–Trinajstić information content (AvgIpc) is 3.57. The molecule has 10 heteroatoms. The summed E-state index contributed by atoms with van der Waals surface area (Å²) in [6, 6.07) is 0. The second-order valence-corrected chi connectivity index (χ2v) is 9.29. The molecule has 1 aliphatic carbocycles. The Morgan fingerprint density at radius 3 is 2.48 bits per heavy atom. The van der Waals surface area contributed by atoms with Crippen LogP contribution >= 0.6 is 0 Å². The number of carbonyl (C=O) groups excluding carboxylic acids is 4. The molecule has 0 saturated carbocycles. The summed E-state index contributed by atoms with van der Waals surface area (Å²) in [5, 5.41) is 0. The molecule has 0 amide bonds. The quantitative estimate of drug-likeness (QED) is 0.244. The first kappa shape index (κ1) is 23.4. The van der Waals surface area contributed by atoms with Crippen LogP contribution in [0.4, 0.5) is 0 Å². The average molecular weight is 464 g/mol. The molecule has 0 radical (unpaired) electrons. The number of fused-ring (bicyclic) bond motifs is 4. The molecule has 10 nitrogen and oxygen atoms in total. The van der Waals surface area contributed by atoms with E-state index >= 15 is 0 Å². The maximum Gasteiger partial charge on any atom is 0.338 e. The Labute approximate surface area is 191 Å². The Morgan fingerprint density at radius 2 is 1.85 bits per heavy atom. The summed E-state index contributed by atoms with van der Waals surface area (Å²) in [7, 11) is 0. The van der Waals surface area contributed by atoms with Crippen LogP contribution in [0.15, 0.2) is 23.3 Å². The van der Waals surface area contributed by atoms with Crippen molar-refractivity contribution in [2.24, 2.45) is 5.92 Å². The molecular weight excluding hydrogens is 436 g/mol. The Balaban J connectivity index is 1.77. The molecule has 3 heterocycles. The fourth-order valence-corrected chi connectivity index (χ4v) is 4.27. The lowest BCUT2D eigenvalue weighted by Gasteiger charge is -2.27. The minimum Gasteiger partial charge on any atom is -0.463 e. The molecular formula is C23H28O10. The van der Waals surface area contributed by atoms with Crippen molar-refractivity contribution in [2.45, 2.75) is 76.7 Å². The number of ether oxygens (including phenoxy) is 6. The largest absolute Gasteiger partial charge is 0.463 e. The highest BCUT2D eigenvalue weighted by Gasteiger charge is 2.65. The molecule has 3 aliphatic heterocycles. The molecule has 0 N–H and O–H groups in total. The van der Waals surface area contributed by atoms with E-state index in [1.54, 1.807) is 13.8 Å². The van der Waals surface area contributed by atoms with E-state index in [1.165, 1.54) is 13.8 Å². The van der Waals surface area contributed by atoms with Gasteiger partial charge in [0.2, 0.25) is 0 Å². The number of rotatable bonds is 6. The lowest BCUT2D eigenvalue weighted by atomic mass is 9.85. The van der Waals surface area contributed by atoms with Gasteiger partial charge in [0, 0.05) is 25.8 Å². The van der Waals surface area contributed by atoms with Gasteiger partial charge < -0.3 is 28.4 Å². The van der Waals surface area contributed by atoms with Crippen molar-refractivity contribution in [3.8, 4) is 0 Å². The van der Waals surface area contributed by atoms with Gasteiger partial charge in [-0.1, -0.05) is 26.0 Å². The first-order valence-corrected chi connectivity index (χ1v) is 10.9. The summed E-state index contributed by atoms with van der Waals surface area (Å²) in [4.78, 5) is 48.3. The molecule has 0 bridgehead atoms. The summed E-state index contributed by atoms with van der Waals surface area (Å²) in [6.07, 6.45) is 1.12. The van der Waals surface area contributed by atoms with Gasteiger partial charge in [-0.25, -0.2) is 4.79 Å². The molecule has 6 atom stereocenters. The highest BCUT2D eigenvalue weighted by Crippen LogP contribution is 2.52. The van der Waals surface area contributed by atoms with Crippen LogP contribution in [-0.4, -0.2) is 72.7 Å². The first-order chi connectivity index (χ1) is 15.5. The summed E-state index contributed by atoms with van der Waals surface area (Å²) >= 11 is 0. The summed E-state index contributed by atoms with van der Waals surface area (Å²) in [6.45, 7) is 7.38. The highest BCUT2D eigenvalue weighted by molar-refractivity contribution is 5.93. The van der Waals surface area contributed by atoms with E-state index in [0.717, 1.165) is 0 Å². The van der Waals surface area contributed by atoms with Crippen LogP contribution < -0.4 is 0 Å². The Bertz CT molecular complexity index is 949. The lowest BCUT2D eigenvalue weighted by Crippen LogP contribution is -2.38. The zero-order valence-corrected chi connectivity index (χ0v) is 19.2. The molecule has 2 fully saturated rings. The van der Waals surface area contributed by atoms with Crippen molar-refractivity contribution < 1.29 is 47.6 Å². The molecule has 0 aromatic rings. The van der Waals surface area contributed by atoms with Crippen LogP contribution in [0.2, 0.25) is 0 Å². The Morgan fingerprint density at radius 1 is 1.15 bits per heavy atom. The summed E-state index contributed by atoms with van der Waals surface area (Å²) < 4.78 is 33.6. The third-order valence-corrected chi connectivity index (χ3v) is 6.27. The number of epoxide rings is 2. The second kappa shape index (κ2) is 8.25. The first-order valence-electron chi connectivity index (χ1n) is 10.9. The number of hydrogen-bond acceptors (Lipinski definition) is 10. The normalized spacial score (nSPS) is 36.2. The molecule has 33 heavy (non-hydrogen) atoms. The van der Waals surface area contributed by atoms with Crippen molar-refractivity contribution in [1.82, 2.24) is 0 Å². The van der Waals surface area contributed by atoms with E-state index < -0.39 is 65.4 Å². The number of hydrogen-bond donors (Lipinski definition) is 0. The van der Waals surface area contributed by atoms with E-state index in [9.17, 15) is 19.2 Å². The van der Waals surface area contributed by atoms with Gasteiger partial charge >= 0.3 is 23.9 Å².